The highest BCUT2D eigenvalue weighted by molar-refractivity contribution is 6.30. The molecule has 3 rings (SSSR count). The van der Waals surface area contributed by atoms with Crippen LogP contribution in [-0.4, -0.2) is 36.5 Å². The van der Waals surface area contributed by atoms with Crippen LogP contribution >= 0.6 is 11.6 Å². The molecule has 25 heavy (non-hydrogen) atoms. The summed E-state index contributed by atoms with van der Waals surface area (Å²) in [7, 11) is 0. The van der Waals surface area contributed by atoms with Gasteiger partial charge in [0.25, 0.3) is 0 Å². The number of amides is 3. The molecule has 0 saturated carbocycles. The quantitative estimate of drug-likeness (QED) is 0.893. The number of benzene rings is 2. The van der Waals surface area contributed by atoms with E-state index in [1.54, 1.807) is 21.9 Å². The number of carbonyl (C=O) groups excluding carboxylic acids is 2. The molecule has 1 fully saturated rings. The topological polar surface area (TPSA) is 52.7 Å². The van der Waals surface area contributed by atoms with E-state index >= 15 is 0 Å². The lowest BCUT2D eigenvalue weighted by Crippen LogP contribution is -2.39. The van der Waals surface area contributed by atoms with E-state index in [2.05, 4.69) is 5.32 Å². The molecular formula is C19H20ClN3O2. The van der Waals surface area contributed by atoms with Gasteiger partial charge in [0.1, 0.15) is 6.54 Å². The Bertz CT molecular complexity index is 776. The molecule has 1 aliphatic rings. The Hall–Kier alpha value is -2.53. The smallest absolute Gasteiger partial charge is 0.325 e. The van der Waals surface area contributed by atoms with Crippen molar-refractivity contribution in [3.63, 3.8) is 0 Å². The normalized spacial score (nSPS) is 14.1. The predicted octanol–water partition coefficient (Wildman–Crippen LogP) is 3.21. The number of halogens is 1. The molecule has 0 aliphatic carbocycles. The first-order chi connectivity index (χ1) is 12.0. The number of aryl methyl sites for hydroxylation is 1. The lowest BCUT2D eigenvalue weighted by molar-refractivity contribution is -0.121. The van der Waals surface area contributed by atoms with Crippen molar-refractivity contribution >= 4 is 29.2 Å². The lowest BCUT2D eigenvalue weighted by atomic mass is 10.1. The third-order valence-corrected chi connectivity index (χ3v) is 4.39. The molecule has 2 aromatic carbocycles. The number of carbonyl (C=O) groups is 2. The fourth-order valence-corrected chi connectivity index (χ4v) is 2.93. The van der Waals surface area contributed by atoms with Crippen molar-refractivity contribution in [3.05, 3.63) is 64.7 Å². The molecular weight excluding hydrogens is 338 g/mol. The second-order valence-electron chi connectivity index (χ2n) is 6.10. The molecule has 1 saturated heterocycles. The molecule has 6 heteroatoms. The Morgan fingerprint density at radius 1 is 1.16 bits per heavy atom. The minimum absolute atomic E-state index is 0.0573. The molecule has 2 aromatic rings. The van der Waals surface area contributed by atoms with Crippen LogP contribution in [0, 0.1) is 6.92 Å². The molecule has 5 nitrogen and oxygen atoms in total. The van der Waals surface area contributed by atoms with E-state index in [1.807, 2.05) is 43.3 Å². The van der Waals surface area contributed by atoms with E-state index in [0.29, 0.717) is 24.7 Å². The number of hydrogen-bond donors (Lipinski definition) is 1. The summed E-state index contributed by atoms with van der Waals surface area (Å²) in [6, 6.07) is 15.0. The van der Waals surface area contributed by atoms with Crippen LogP contribution in [0.1, 0.15) is 11.1 Å². The van der Waals surface area contributed by atoms with Crippen LogP contribution in [0.3, 0.4) is 0 Å². The van der Waals surface area contributed by atoms with Crippen LogP contribution in [-0.2, 0) is 11.3 Å². The Morgan fingerprint density at radius 2 is 1.92 bits per heavy atom. The summed E-state index contributed by atoms with van der Waals surface area (Å²) in [5.41, 5.74) is 2.96. The number of nitrogens with zero attached hydrogens (tertiary/aromatic N) is 2. The first-order valence-electron chi connectivity index (χ1n) is 8.17. The molecule has 1 aliphatic heterocycles. The molecule has 0 aromatic heterocycles. The first kappa shape index (κ1) is 17.3. The molecule has 1 heterocycles. The van der Waals surface area contributed by atoms with Gasteiger partial charge < -0.3 is 10.2 Å². The van der Waals surface area contributed by atoms with Crippen molar-refractivity contribution in [2.45, 2.75) is 13.5 Å². The van der Waals surface area contributed by atoms with Gasteiger partial charge in [-0.15, -0.1) is 0 Å². The minimum atomic E-state index is -0.173. The van der Waals surface area contributed by atoms with Crippen molar-refractivity contribution < 1.29 is 9.59 Å². The van der Waals surface area contributed by atoms with Crippen LogP contribution in [0.25, 0.3) is 0 Å². The van der Waals surface area contributed by atoms with Gasteiger partial charge in [-0.25, -0.2) is 4.79 Å². The largest absolute Gasteiger partial charge is 0.350 e. The second kappa shape index (κ2) is 7.57. The maximum Gasteiger partial charge on any atom is 0.325 e. The summed E-state index contributed by atoms with van der Waals surface area (Å²) >= 11 is 5.99. The number of hydrogen-bond acceptors (Lipinski definition) is 2. The zero-order valence-corrected chi connectivity index (χ0v) is 14.8. The maximum atomic E-state index is 12.5. The maximum absolute atomic E-state index is 12.5. The molecule has 1 N–H and O–H groups in total. The highest BCUT2D eigenvalue weighted by atomic mass is 35.5. The fourth-order valence-electron chi connectivity index (χ4n) is 2.75. The Balaban J connectivity index is 1.53. The predicted molar refractivity (Wildman–Crippen MR) is 98.8 cm³/mol. The van der Waals surface area contributed by atoms with Crippen molar-refractivity contribution in [2.75, 3.05) is 24.5 Å². The number of urea groups is 1. The average Bonchev–Trinajstić information content (AvgIpc) is 2.95. The van der Waals surface area contributed by atoms with E-state index < -0.39 is 0 Å². The van der Waals surface area contributed by atoms with Crippen LogP contribution < -0.4 is 10.2 Å². The van der Waals surface area contributed by atoms with Crippen molar-refractivity contribution in [2.24, 2.45) is 0 Å². The number of rotatable bonds is 5. The third kappa shape index (κ3) is 4.31. The van der Waals surface area contributed by atoms with Crippen LogP contribution in [0.5, 0.6) is 0 Å². The van der Waals surface area contributed by atoms with Crippen LogP contribution in [0.2, 0.25) is 5.02 Å². The van der Waals surface area contributed by atoms with Crippen LogP contribution in [0.15, 0.2) is 48.5 Å². The zero-order valence-electron chi connectivity index (χ0n) is 14.0. The summed E-state index contributed by atoms with van der Waals surface area (Å²) in [4.78, 5) is 27.8. The van der Waals surface area contributed by atoms with E-state index in [-0.39, 0.29) is 18.5 Å². The Labute approximate surface area is 152 Å². The summed E-state index contributed by atoms with van der Waals surface area (Å²) in [5.74, 6) is -0.165. The highest BCUT2D eigenvalue weighted by Gasteiger charge is 2.30. The van der Waals surface area contributed by atoms with Crippen molar-refractivity contribution in [3.8, 4) is 0 Å². The first-order valence-corrected chi connectivity index (χ1v) is 8.55. The van der Waals surface area contributed by atoms with Gasteiger partial charge in [-0.2, -0.15) is 0 Å². The lowest BCUT2D eigenvalue weighted by Gasteiger charge is -2.18. The van der Waals surface area contributed by atoms with E-state index in [4.69, 9.17) is 11.6 Å². The molecule has 3 amide bonds. The number of anilines is 1. The van der Waals surface area contributed by atoms with E-state index in [9.17, 15) is 9.59 Å². The molecule has 130 valence electrons. The molecule has 0 spiro atoms. The van der Waals surface area contributed by atoms with Gasteiger partial charge in [0.05, 0.1) is 0 Å². The SMILES string of the molecule is Cc1ccc(CNC(=O)CN2CCN(c3cccc(Cl)c3)C2=O)cc1. The standard InChI is InChI=1S/C19H20ClN3O2/c1-14-5-7-15(8-6-14)12-21-18(24)13-22-9-10-23(19(22)25)17-4-2-3-16(20)11-17/h2-8,11H,9-10,12-13H2,1H3,(H,21,24). The van der Waals surface area contributed by atoms with Gasteiger partial charge in [-0.3, -0.25) is 9.69 Å². The molecule has 0 atom stereocenters. The average molecular weight is 358 g/mol. The summed E-state index contributed by atoms with van der Waals surface area (Å²) in [5, 5.41) is 3.44. The third-order valence-electron chi connectivity index (χ3n) is 4.16. The molecule has 0 bridgehead atoms. The Kier molecular flexibility index (Phi) is 5.24. The van der Waals surface area contributed by atoms with Gasteiger partial charge in [-0.1, -0.05) is 47.5 Å². The van der Waals surface area contributed by atoms with Crippen molar-refractivity contribution in [1.82, 2.24) is 10.2 Å². The van der Waals surface area contributed by atoms with Crippen LogP contribution in [0.4, 0.5) is 10.5 Å². The van der Waals surface area contributed by atoms with Gasteiger partial charge >= 0.3 is 6.03 Å². The highest BCUT2D eigenvalue weighted by Crippen LogP contribution is 2.23. The van der Waals surface area contributed by atoms with Gasteiger partial charge in [0, 0.05) is 30.3 Å². The fraction of sp³-hybridized carbons (Fsp3) is 0.263. The summed E-state index contributed by atoms with van der Waals surface area (Å²) in [6.45, 7) is 3.60. The monoisotopic (exact) mass is 357 g/mol. The van der Waals surface area contributed by atoms with E-state index in [0.717, 1.165) is 11.3 Å². The summed E-state index contributed by atoms with van der Waals surface area (Å²) < 4.78 is 0. The van der Waals surface area contributed by atoms with Gasteiger partial charge in [-0.05, 0) is 30.7 Å². The van der Waals surface area contributed by atoms with Gasteiger partial charge in [0.15, 0.2) is 0 Å². The molecule has 0 unspecified atom stereocenters. The second-order valence-corrected chi connectivity index (χ2v) is 6.53. The van der Waals surface area contributed by atoms with E-state index in [1.165, 1.54) is 5.56 Å². The summed E-state index contributed by atoms with van der Waals surface area (Å²) in [6.07, 6.45) is 0. The molecule has 0 radical (unpaired) electrons. The van der Waals surface area contributed by atoms with Crippen molar-refractivity contribution in [1.29, 1.82) is 0 Å². The Morgan fingerprint density at radius 3 is 2.64 bits per heavy atom. The zero-order chi connectivity index (χ0) is 17.8. The minimum Gasteiger partial charge on any atom is -0.350 e. The number of nitrogens with one attached hydrogen (secondary N) is 1. The van der Waals surface area contributed by atoms with Gasteiger partial charge in [0.2, 0.25) is 5.91 Å².